The Morgan fingerprint density at radius 2 is 1.80 bits per heavy atom. The van der Waals surface area contributed by atoms with Gasteiger partial charge in [-0.15, -0.1) is 0 Å². The van der Waals surface area contributed by atoms with Crippen LogP contribution in [0.15, 0.2) is 28.3 Å². The molecule has 4 nitrogen and oxygen atoms in total. The van der Waals surface area contributed by atoms with Crippen LogP contribution in [0.2, 0.25) is 0 Å². The normalized spacial score (nSPS) is 13.6. The number of carbonyl (C=O) groups excluding carboxylic acids is 1. The molecule has 0 saturated heterocycles. The molecule has 140 valence electrons. The quantitative estimate of drug-likeness (QED) is 0.516. The highest BCUT2D eigenvalue weighted by Crippen LogP contribution is 2.26. The van der Waals surface area contributed by atoms with E-state index in [1.807, 2.05) is 13.8 Å². The van der Waals surface area contributed by atoms with Crippen LogP contribution >= 0.6 is 15.9 Å². The van der Waals surface area contributed by atoms with E-state index in [0.717, 1.165) is 17.7 Å². The van der Waals surface area contributed by atoms with E-state index in [1.54, 1.807) is 33.8 Å². The first-order valence-corrected chi connectivity index (χ1v) is 8.55. The number of benzene rings is 1. The average molecular weight is 420 g/mol. The summed E-state index contributed by atoms with van der Waals surface area (Å²) in [5, 5.41) is 2.71. The molecule has 0 radical (unpaired) electrons. The molecule has 1 unspecified atom stereocenters. The van der Waals surface area contributed by atoms with E-state index in [-0.39, 0.29) is 16.8 Å². The van der Waals surface area contributed by atoms with Gasteiger partial charge in [-0.2, -0.15) is 0 Å². The highest BCUT2D eigenvalue weighted by Gasteiger charge is 2.28. The van der Waals surface area contributed by atoms with Crippen LogP contribution in [-0.2, 0) is 4.74 Å². The molecule has 1 rings (SSSR count). The third-order valence-electron chi connectivity index (χ3n) is 2.90. The molecule has 0 fully saturated rings. The molecule has 0 heterocycles. The van der Waals surface area contributed by atoms with Crippen LogP contribution in [0, 0.1) is 11.6 Å². The Bertz CT molecular complexity index is 667. The number of hydrogen-bond donors (Lipinski definition) is 1. The lowest BCUT2D eigenvalue weighted by molar-refractivity contribution is 0.0458. The van der Waals surface area contributed by atoms with Crippen molar-refractivity contribution in [2.75, 3.05) is 6.61 Å². The number of alkyl carbamates (subject to hydrolysis) is 1. The summed E-state index contributed by atoms with van der Waals surface area (Å²) in [4.78, 5) is 12.1. The van der Waals surface area contributed by atoms with Crippen molar-refractivity contribution in [3.63, 3.8) is 0 Å². The minimum absolute atomic E-state index is 0.0105. The molecule has 1 aromatic rings. The van der Waals surface area contributed by atoms with E-state index in [0.29, 0.717) is 0 Å². The molecule has 0 aliphatic carbocycles. The van der Waals surface area contributed by atoms with E-state index < -0.39 is 28.9 Å². The molecule has 25 heavy (non-hydrogen) atoms. The third kappa shape index (κ3) is 7.42. The topological polar surface area (TPSA) is 47.6 Å². The molecular weight excluding hydrogens is 396 g/mol. The van der Waals surface area contributed by atoms with Crippen molar-refractivity contribution in [2.45, 2.75) is 52.7 Å². The lowest BCUT2D eigenvalue weighted by Gasteiger charge is -2.30. The maximum absolute atomic E-state index is 13.9. The Labute approximate surface area is 155 Å². The highest BCUT2D eigenvalue weighted by atomic mass is 79.9. The fraction of sp³-hybridized carbons (Fsp3) is 0.500. The van der Waals surface area contributed by atoms with Crippen LogP contribution in [0.25, 0.3) is 0 Å². The second kappa shape index (κ2) is 8.17. The lowest BCUT2D eigenvalue weighted by atomic mass is 10.0. The molecule has 0 aliphatic heterocycles. The van der Waals surface area contributed by atoms with Gasteiger partial charge in [0.1, 0.15) is 18.0 Å². The predicted molar refractivity (Wildman–Crippen MR) is 96.8 cm³/mol. The molecule has 1 atom stereocenters. The SMILES string of the molecule is CC(C)=CC(C)(COc1cc(F)c(Br)cc1F)NC(=O)OC(C)(C)C. The summed E-state index contributed by atoms with van der Waals surface area (Å²) >= 11 is 2.91. The number of hydrogen-bond acceptors (Lipinski definition) is 3. The smallest absolute Gasteiger partial charge is 0.408 e. The van der Waals surface area contributed by atoms with E-state index in [9.17, 15) is 13.6 Å². The van der Waals surface area contributed by atoms with Crippen molar-refractivity contribution in [1.82, 2.24) is 5.32 Å². The monoisotopic (exact) mass is 419 g/mol. The second-order valence-electron chi connectivity index (χ2n) is 7.25. The van der Waals surface area contributed by atoms with Gasteiger partial charge in [0.15, 0.2) is 11.6 Å². The molecular formula is C18H24BrF2NO3. The van der Waals surface area contributed by atoms with Crippen molar-refractivity contribution in [3.8, 4) is 5.75 Å². The summed E-state index contributed by atoms with van der Waals surface area (Å²) in [5.74, 6) is -1.58. The van der Waals surface area contributed by atoms with E-state index >= 15 is 0 Å². The van der Waals surface area contributed by atoms with Crippen LogP contribution in [0.1, 0.15) is 41.5 Å². The fourth-order valence-corrected chi connectivity index (χ4v) is 2.45. The summed E-state index contributed by atoms with van der Waals surface area (Å²) in [7, 11) is 0. The van der Waals surface area contributed by atoms with Crippen molar-refractivity contribution < 1.29 is 23.0 Å². The van der Waals surface area contributed by atoms with Gasteiger partial charge in [0.25, 0.3) is 0 Å². The summed E-state index contributed by atoms with van der Waals surface area (Å²) in [6.45, 7) is 10.6. The van der Waals surface area contributed by atoms with Crippen molar-refractivity contribution in [1.29, 1.82) is 0 Å². The summed E-state index contributed by atoms with van der Waals surface area (Å²) in [6.07, 6.45) is 1.14. The largest absolute Gasteiger partial charge is 0.488 e. The zero-order valence-electron chi connectivity index (χ0n) is 15.3. The molecule has 1 amide bonds. The standard InChI is InChI=1S/C18H24BrF2NO3/c1-11(2)9-18(6,22-16(23)25-17(3,4)5)10-24-15-8-13(20)12(19)7-14(15)21/h7-9H,10H2,1-6H3,(H,22,23). The minimum Gasteiger partial charge on any atom is -0.488 e. The van der Waals surface area contributed by atoms with Gasteiger partial charge in [-0.25, -0.2) is 13.6 Å². The van der Waals surface area contributed by atoms with Crippen LogP contribution in [0.5, 0.6) is 5.75 Å². The first-order chi connectivity index (χ1) is 11.3. The Balaban J connectivity index is 2.94. The Hall–Kier alpha value is -1.63. The molecule has 0 bridgehead atoms. The number of nitrogens with one attached hydrogen (secondary N) is 1. The molecule has 7 heteroatoms. The van der Waals surface area contributed by atoms with Gasteiger partial charge < -0.3 is 14.8 Å². The summed E-state index contributed by atoms with van der Waals surface area (Å²) < 4.78 is 38.2. The molecule has 0 aromatic heterocycles. The molecule has 0 spiro atoms. The van der Waals surface area contributed by atoms with Crippen LogP contribution in [-0.4, -0.2) is 23.8 Å². The van der Waals surface area contributed by atoms with E-state index in [1.165, 1.54) is 0 Å². The summed E-state index contributed by atoms with van der Waals surface area (Å²) in [6, 6.07) is 1.94. The minimum atomic E-state index is -0.961. The van der Waals surface area contributed by atoms with Gasteiger partial charge in [0.2, 0.25) is 0 Å². The maximum atomic E-state index is 13.9. The van der Waals surface area contributed by atoms with E-state index in [4.69, 9.17) is 9.47 Å². The fourth-order valence-electron chi connectivity index (χ4n) is 2.13. The number of allylic oxidation sites excluding steroid dienone is 1. The van der Waals surface area contributed by atoms with Gasteiger partial charge in [0, 0.05) is 6.07 Å². The van der Waals surface area contributed by atoms with Crippen LogP contribution < -0.4 is 10.1 Å². The first kappa shape index (κ1) is 21.4. The Morgan fingerprint density at radius 1 is 1.20 bits per heavy atom. The second-order valence-corrected chi connectivity index (χ2v) is 8.11. The molecule has 0 aliphatic rings. The molecule has 1 N–H and O–H groups in total. The van der Waals surface area contributed by atoms with Gasteiger partial charge >= 0.3 is 6.09 Å². The number of amides is 1. The van der Waals surface area contributed by atoms with Gasteiger partial charge in [-0.3, -0.25) is 0 Å². The number of rotatable bonds is 5. The predicted octanol–water partition coefficient (Wildman–Crippen LogP) is 5.36. The van der Waals surface area contributed by atoms with Crippen molar-refractivity contribution >= 4 is 22.0 Å². The van der Waals surface area contributed by atoms with Crippen LogP contribution in [0.4, 0.5) is 13.6 Å². The van der Waals surface area contributed by atoms with Crippen molar-refractivity contribution in [2.24, 2.45) is 0 Å². The number of halogens is 3. The van der Waals surface area contributed by atoms with E-state index in [2.05, 4.69) is 21.2 Å². The van der Waals surface area contributed by atoms with Crippen molar-refractivity contribution in [3.05, 3.63) is 39.9 Å². The highest BCUT2D eigenvalue weighted by molar-refractivity contribution is 9.10. The van der Waals surface area contributed by atoms with Gasteiger partial charge in [-0.05, 0) is 63.5 Å². The third-order valence-corrected chi connectivity index (χ3v) is 3.50. The number of carbonyl (C=O) groups is 1. The number of ether oxygens (including phenoxy) is 2. The first-order valence-electron chi connectivity index (χ1n) is 7.76. The molecule has 1 aromatic carbocycles. The Kier molecular flexibility index (Phi) is 6.99. The Morgan fingerprint density at radius 3 is 2.32 bits per heavy atom. The molecule has 0 saturated carbocycles. The van der Waals surface area contributed by atoms with Gasteiger partial charge in [0.05, 0.1) is 10.0 Å². The van der Waals surface area contributed by atoms with Gasteiger partial charge in [-0.1, -0.05) is 11.6 Å². The average Bonchev–Trinajstić information content (AvgIpc) is 2.38. The lowest BCUT2D eigenvalue weighted by Crippen LogP contribution is -2.50. The maximum Gasteiger partial charge on any atom is 0.408 e. The summed E-state index contributed by atoms with van der Waals surface area (Å²) in [5.41, 5.74) is -0.695. The van der Waals surface area contributed by atoms with Crippen LogP contribution in [0.3, 0.4) is 0 Å². The zero-order chi connectivity index (χ0) is 19.4. The zero-order valence-corrected chi connectivity index (χ0v) is 16.9.